The molecule has 0 bridgehead atoms. The summed E-state index contributed by atoms with van der Waals surface area (Å²) in [5.74, 6) is -0.656. The van der Waals surface area contributed by atoms with E-state index in [4.69, 9.17) is 0 Å². The van der Waals surface area contributed by atoms with Gasteiger partial charge in [0.1, 0.15) is 5.75 Å². The van der Waals surface area contributed by atoms with Crippen molar-refractivity contribution in [1.29, 1.82) is 0 Å². The van der Waals surface area contributed by atoms with Crippen molar-refractivity contribution in [3.05, 3.63) is 82.0 Å². The summed E-state index contributed by atoms with van der Waals surface area (Å²) < 4.78 is 27.9. The molecule has 4 rings (SSSR count). The Morgan fingerprint density at radius 1 is 0.909 bits per heavy atom. The number of benzene rings is 2. The van der Waals surface area contributed by atoms with Crippen LogP contribution in [-0.2, 0) is 16.6 Å². The summed E-state index contributed by atoms with van der Waals surface area (Å²) in [4.78, 5) is 29.8. The van der Waals surface area contributed by atoms with Gasteiger partial charge in [0, 0.05) is 43.2 Å². The highest BCUT2D eigenvalue weighted by molar-refractivity contribution is 7.89. The molecule has 0 radical (unpaired) electrons. The Hall–Kier alpha value is -3.21. The van der Waals surface area contributed by atoms with Gasteiger partial charge in [-0.2, -0.15) is 0 Å². The van der Waals surface area contributed by atoms with Crippen LogP contribution in [0.4, 0.5) is 0 Å². The third-order valence-corrected chi connectivity index (χ3v) is 7.67. The minimum Gasteiger partial charge on any atom is -0.507 e. The first-order valence-corrected chi connectivity index (χ1v) is 12.7. The minimum atomic E-state index is -3.77. The SMILES string of the molecule is O=C(c1cccc(S(=O)(=O)NCc2cccs2)c1)N1CCN(C(=O)c2ccccc2O)CC1. The molecule has 2 aromatic carbocycles. The summed E-state index contributed by atoms with van der Waals surface area (Å²) in [5.41, 5.74) is 0.500. The van der Waals surface area contributed by atoms with Gasteiger partial charge in [-0.3, -0.25) is 9.59 Å². The number of phenols is 1. The van der Waals surface area contributed by atoms with Gasteiger partial charge < -0.3 is 14.9 Å². The summed E-state index contributed by atoms with van der Waals surface area (Å²) in [6.07, 6.45) is 0. The number of sulfonamides is 1. The number of piperazine rings is 1. The Balaban J connectivity index is 1.40. The van der Waals surface area contributed by atoms with Gasteiger partial charge in [-0.05, 0) is 41.8 Å². The predicted molar refractivity (Wildman–Crippen MR) is 125 cm³/mol. The Bertz CT molecular complexity index is 1250. The Kier molecular flexibility index (Phi) is 6.77. The van der Waals surface area contributed by atoms with Crippen molar-refractivity contribution in [3.63, 3.8) is 0 Å². The van der Waals surface area contributed by atoms with E-state index >= 15 is 0 Å². The summed E-state index contributed by atoms with van der Waals surface area (Å²) in [7, 11) is -3.77. The number of nitrogens with one attached hydrogen (secondary N) is 1. The van der Waals surface area contributed by atoms with E-state index in [0.717, 1.165) is 4.88 Å². The maximum atomic E-state index is 13.0. The molecule has 0 unspecified atom stereocenters. The van der Waals surface area contributed by atoms with Gasteiger partial charge in [0.25, 0.3) is 11.8 Å². The number of amides is 2. The van der Waals surface area contributed by atoms with Crippen molar-refractivity contribution in [2.24, 2.45) is 0 Å². The van der Waals surface area contributed by atoms with E-state index in [-0.39, 0.29) is 40.1 Å². The molecule has 2 amide bonds. The summed E-state index contributed by atoms with van der Waals surface area (Å²) in [6, 6.07) is 16.0. The van der Waals surface area contributed by atoms with Gasteiger partial charge >= 0.3 is 0 Å². The average Bonchev–Trinajstić information content (AvgIpc) is 3.36. The number of hydrogen-bond acceptors (Lipinski definition) is 6. The van der Waals surface area contributed by atoms with Gasteiger partial charge in [-0.25, -0.2) is 13.1 Å². The van der Waals surface area contributed by atoms with Crippen LogP contribution in [0.25, 0.3) is 0 Å². The second-order valence-corrected chi connectivity index (χ2v) is 10.3. The van der Waals surface area contributed by atoms with Crippen LogP contribution in [-0.4, -0.2) is 61.3 Å². The molecule has 2 N–H and O–H groups in total. The molecule has 1 aliphatic rings. The highest BCUT2D eigenvalue weighted by atomic mass is 32.2. The largest absolute Gasteiger partial charge is 0.507 e. The fraction of sp³-hybridized carbons (Fsp3) is 0.217. The van der Waals surface area contributed by atoms with E-state index in [1.807, 2.05) is 17.5 Å². The predicted octanol–water partition coefficient (Wildman–Crippen LogP) is 2.53. The first kappa shape index (κ1) is 23.0. The maximum absolute atomic E-state index is 13.0. The lowest BCUT2D eigenvalue weighted by Crippen LogP contribution is -2.50. The van der Waals surface area contributed by atoms with Crippen LogP contribution in [0.15, 0.2) is 70.9 Å². The topological polar surface area (TPSA) is 107 Å². The summed E-state index contributed by atoms with van der Waals surface area (Å²) in [6.45, 7) is 1.45. The zero-order chi connectivity index (χ0) is 23.4. The molecule has 10 heteroatoms. The average molecular weight is 486 g/mol. The monoisotopic (exact) mass is 485 g/mol. The van der Waals surface area contributed by atoms with E-state index in [9.17, 15) is 23.1 Å². The van der Waals surface area contributed by atoms with Crippen LogP contribution in [0.2, 0.25) is 0 Å². The van der Waals surface area contributed by atoms with Crippen LogP contribution >= 0.6 is 11.3 Å². The fourth-order valence-electron chi connectivity index (χ4n) is 3.58. The van der Waals surface area contributed by atoms with Crippen molar-refractivity contribution in [1.82, 2.24) is 14.5 Å². The first-order chi connectivity index (χ1) is 15.8. The molecule has 172 valence electrons. The Morgan fingerprint density at radius 2 is 1.61 bits per heavy atom. The molecule has 1 aliphatic heterocycles. The normalized spacial score (nSPS) is 14.3. The highest BCUT2D eigenvalue weighted by Gasteiger charge is 2.27. The van der Waals surface area contributed by atoms with Crippen molar-refractivity contribution in [3.8, 4) is 5.75 Å². The van der Waals surface area contributed by atoms with E-state index in [1.165, 1.54) is 29.5 Å². The molecule has 8 nitrogen and oxygen atoms in total. The maximum Gasteiger partial charge on any atom is 0.257 e. The number of thiophene rings is 1. The fourth-order valence-corrected chi connectivity index (χ4v) is 5.37. The lowest BCUT2D eigenvalue weighted by Gasteiger charge is -2.35. The van der Waals surface area contributed by atoms with Crippen LogP contribution in [0.3, 0.4) is 0 Å². The van der Waals surface area contributed by atoms with E-state index in [1.54, 1.807) is 40.1 Å². The van der Waals surface area contributed by atoms with Crippen LogP contribution in [0.1, 0.15) is 25.6 Å². The number of rotatable bonds is 6. The molecule has 0 spiro atoms. The smallest absolute Gasteiger partial charge is 0.257 e. The molecular formula is C23H23N3O5S2. The summed E-state index contributed by atoms with van der Waals surface area (Å²) >= 11 is 1.46. The lowest BCUT2D eigenvalue weighted by molar-refractivity contribution is 0.0533. The number of carbonyl (C=O) groups excluding carboxylic acids is 2. The molecule has 3 aromatic rings. The molecule has 1 fully saturated rings. The van der Waals surface area contributed by atoms with Gasteiger partial charge in [-0.15, -0.1) is 11.3 Å². The van der Waals surface area contributed by atoms with E-state index in [2.05, 4.69) is 4.72 Å². The first-order valence-electron chi connectivity index (χ1n) is 10.3. The molecule has 33 heavy (non-hydrogen) atoms. The van der Waals surface area contributed by atoms with Gasteiger partial charge in [0.05, 0.1) is 10.5 Å². The van der Waals surface area contributed by atoms with Crippen LogP contribution in [0.5, 0.6) is 5.75 Å². The third-order valence-electron chi connectivity index (χ3n) is 5.40. The molecule has 0 saturated carbocycles. The van der Waals surface area contributed by atoms with Crippen molar-refractivity contribution < 1.29 is 23.1 Å². The number of aromatic hydroxyl groups is 1. The minimum absolute atomic E-state index is 0.0262. The van der Waals surface area contributed by atoms with Crippen molar-refractivity contribution in [2.45, 2.75) is 11.4 Å². The van der Waals surface area contributed by atoms with E-state index in [0.29, 0.717) is 26.2 Å². The second-order valence-electron chi connectivity index (χ2n) is 7.53. The van der Waals surface area contributed by atoms with E-state index < -0.39 is 10.0 Å². The van der Waals surface area contributed by atoms with Crippen molar-refractivity contribution in [2.75, 3.05) is 26.2 Å². The molecule has 0 atom stereocenters. The van der Waals surface area contributed by atoms with Crippen molar-refractivity contribution >= 4 is 33.2 Å². The third kappa shape index (κ3) is 5.24. The quantitative estimate of drug-likeness (QED) is 0.558. The lowest BCUT2D eigenvalue weighted by atomic mass is 10.1. The molecule has 2 heterocycles. The summed E-state index contributed by atoms with van der Waals surface area (Å²) in [5, 5.41) is 11.8. The number of nitrogens with zero attached hydrogens (tertiary/aromatic N) is 2. The van der Waals surface area contributed by atoms with Gasteiger partial charge in [-0.1, -0.05) is 24.3 Å². The molecule has 1 aromatic heterocycles. The zero-order valence-corrected chi connectivity index (χ0v) is 19.3. The Labute approximate surface area is 196 Å². The number of para-hydroxylation sites is 1. The molecule has 1 saturated heterocycles. The number of hydrogen-bond donors (Lipinski definition) is 2. The molecule has 0 aliphatic carbocycles. The number of carbonyl (C=O) groups is 2. The van der Waals surface area contributed by atoms with Gasteiger partial charge in [0.2, 0.25) is 10.0 Å². The zero-order valence-electron chi connectivity index (χ0n) is 17.7. The second kappa shape index (κ2) is 9.74. The Morgan fingerprint density at radius 3 is 2.27 bits per heavy atom. The number of phenolic OH excluding ortho intramolecular Hbond substituents is 1. The highest BCUT2D eigenvalue weighted by Crippen LogP contribution is 2.20. The molecular weight excluding hydrogens is 462 g/mol. The standard InChI is InChI=1S/C23H23N3O5S2/c27-21-9-2-1-8-20(21)23(29)26-12-10-25(11-13-26)22(28)17-5-3-7-19(15-17)33(30,31)24-16-18-6-4-14-32-18/h1-9,14-15,24,27H,10-13,16H2. The van der Waals surface area contributed by atoms with Crippen LogP contribution in [0, 0.1) is 0 Å². The van der Waals surface area contributed by atoms with Crippen LogP contribution < -0.4 is 4.72 Å². The van der Waals surface area contributed by atoms with Gasteiger partial charge in [0.15, 0.2) is 0 Å².